The van der Waals surface area contributed by atoms with Crippen molar-refractivity contribution < 1.29 is 4.74 Å². The normalized spacial score (nSPS) is 11.1. The topological polar surface area (TPSA) is 35.0 Å². The maximum Gasteiger partial charge on any atom is 0.159 e. The molecular weight excluding hydrogens is 332 g/mol. The molecule has 27 heavy (non-hydrogen) atoms. The van der Waals surface area contributed by atoms with E-state index < -0.39 is 0 Å². The Balaban J connectivity index is 1.81. The molecule has 0 unspecified atom stereocenters. The fourth-order valence-electron chi connectivity index (χ4n) is 3.03. The minimum Gasteiger partial charge on any atom is -0.488 e. The van der Waals surface area contributed by atoms with Gasteiger partial charge in [-0.15, -0.1) is 0 Å². The van der Waals surface area contributed by atoms with E-state index >= 15 is 0 Å². The van der Waals surface area contributed by atoms with Gasteiger partial charge in [0.15, 0.2) is 5.82 Å². The van der Waals surface area contributed by atoms with Crippen LogP contribution in [-0.4, -0.2) is 9.97 Å². The first-order chi connectivity index (χ1) is 12.8. The molecule has 0 atom stereocenters. The van der Waals surface area contributed by atoms with Crippen LogP contribution >= 0.6 is 0 Å². The summed E-state index contributed by atoms with van der Waals surface area (Å²) < 4.78 is 6.10. The lowest BCUT2D eigenvalue weighted by Crippen LogP contribution is -2.04. The van der Waals surface area contributed by atoms with Crippen molar-refractivity contribution in [3.8, 4) is 17.1 Å². The molecule has 0 aliphatic heterocycles. The van der Waals surface area contributed by atoms with E-state index in [4.69, 9.17) is 9.72 Å². The second-order valence-electron chi connectivity index (χ2n) is 7.59. The largest absolute Gasteiger partial charge is 0.488 e. The van der Waals surface area contributed by atoms with Gasteiger partial charge in [-0.1, -0.05) is 43.7 Å². The molecule has 1 aromatic heterocycles. The van der Waals surface area contributed by atoms with Crippen LogP contribution in [-0.2, 0) is 6.61 Å². The van der Waals surface area contributed by atoms with Crippen LogP contribution in [0.4, 0.5) is 0 Å². The Bertz CT molecular complexity index is 961. The summed E-state index contributed by atoms with van der Waals surface area (Å²) in [5, 5.41) is 0. The van der Waals surface area contributed by atoms with Gasteiger partial charge in [-0.05, 0) is 62.4 Å². The third-order valence-corrected chi connectivity index (χ3v) is 4.98. The van der Waals surface area contributed by atoms with Gasteiger partial charge in [0.05, 0.1) is 0 Å². The minimum atomic E-state index is 0.474. The van der Waals surface area contributed by atoms with E-state index in [1.165, 1.54) is 16.7 Å². The molecule has 0 radical (unpaired) electrons. The first-order valence-corrected chi connectivity index (χ1v) is 9.48. The number of benzene rings is 2. The SMILES string of the molecule is Cc1ccc(C)c(-c2ncc(COc3cc(C(C)C)ccc3C)c(C)n2)c1. The van der Waals surface area contributed by atoms with E-state index in [0.717, 1.165) is 34.0 Å². The number of rotatable bonds is 5. The number of hydrogen-bond acceptors (Lipinski definition) is 3. The van der Waals surface area contributed by atoms with Gasteiger partial charge in [0.1, 0.15) is 12.4 Å². The minimum absolute atomic E-state index is 0.474. The predicted molar refractivity (Wildman–Crippen MR) is 111 cm³/mol. The number of aryl methyl sites for hydroxylation is 4. The fourth-order valence-corrected chi connectivity index (χ4v) is 3.03. The highest BCUT2D eigenvalue weighted by molar-refractivity contribution is 5.61. The zero-order valence-corrected chi connectivity index (χ0v) is 17.1. The van der Waals surface area contributed by atoms with Gasteiger partial charge in [-0.2, -0.15) is 0 Å². The van der Waals surface area contributed by atoms with Crippen molar-refractivity contribution in [2.45, 2.75) is 54.1 Å². The lowest BCUT2D eigenvalue weighted by molar-refractivity contribution is 0.302. The Labute approximate surface area is 162 Å². The second kappa shape index (κ2) is 7.91. The van der Waals surface area contributed by atoms with Crippen LogP contribution in [0.2, 0.25) is 0 Å². The molecule has 3 rings (SSSR count). The molecule has 2 aromatic carbocycles. The summed E-state index contributed by atoms with van der Waals surface area (Å²) in [4.78, 5) is 9.34. The average molecular weight is 361 g/mol. The average Bonchev–Trinajstić information content (AvgIpc) is 2.63. The Morgan fingerprint density at radius 3 is 2.37 bits per heavy atom. The molecular formula is C24H28N2O. The van der Waals surface area contributed by atoms with E-state index in [0.29, 0.717) is 12.5 Å². The zero-order valence-electron chi connectivity index (χ0n) is 17.1. The lowest BCUT2D eigenvalue weighted by Gasteiger charge is -2.14. The predicted octanol–water partition coefficient (Wildman–Crippen LogP) is 6.08. The van der Waals surface area contributed by atoms with Gasteiger partial charge in [0.25, 0.3) is 0 Å². The van der Waals surface area contributed by atoms with Crippen LogP contribution in [0.15, 0.2) is 42.6 Å². The molecule has 0 spiro atoms. The first-order valence-electron chi connectivity index (χ1n) is 9.48. The Kier molecular flexibility index (Phi) is 5.59. The maximum atomic E-state index is 6.10. The molecule has 1 heterocycles. The molecule has 3 aromatic rings. The van der Waals surface area contributed by atoms with E-state index in [9.17, 15) is 0 Å². The third kappa shape index (κ3) is 4.36. The molecule has 0 aliphatic carbocycles. The highest BCUT2D eigenvalue weighted by Gasteiger charge is 2.10. The molecule has 140 valence electrons. The van der Waals surface area contributed by atoms with Crippen molar-refractivity contribution in [1.29, 1.82) is 0 Å². The summed E-state index contributed by atoms with van der Waals surface area (Å²) in [5.74, 6) is 2.18. The smallest absolute Gasteiger partial charge is 0.159 e. The van der Waals surface area contributed by atoms with E-state index in [-0.39, 0.29) is 0 Å². The van der Waals surface area contributed by atoms with Crippen LogP contribution in [0.5, 0.6) is 5.75 Å². The molecule has 0 bridgehead atoms. The third-order valence-electron chi connectivity index (χ3n) is 4.98. The monoisotopic (exact) mass is 360 g/mol. The van der Waals surface area contributed by atoms with Gasteiger partial charge in [-0.3, -0.25) is 0 Å². The van der Waals surface area contributed by atoms with Crippen LogP contribution in [0, 0.1) is 27.7 Å². The molecule has 0 saturated heterocycles. The number of aromatic nitrogens is 2. The summed E-state index contributed by atoms with van der Waals surface area (Å²) in [7, 11) is 0. The zero-order chi connectivity index (χ0) is 19.6. The number of nitrogens with zero attached hydrogens (tertiary/aromatic N) is 2. The van der Waals surface area contributed by atoms with Crippen LogP contribution in [0.3, 0.4) is 0 Å². The summed E-state index contributed by atoms with van der Waals surface area (Å²) >= 11 is 0. The van der Waals surface area contributed by atoms with Crippen LogP contribution < -0.4 is 4.74 Å². The van der Waals surface area contributed by atoms with E-state index in [1.54, 1.807) is 0 Å². The van der Waals surface area contributed by atoms with E-state index in [1.807, 2.05) is 13.1 Å². The van der Waals surface area contributed by atoms with Crippen molar-refractivity contribution in [1.82, 2.24) is 9.97 Å². The van der Waals surface area contributed by atoms with Gasteiger partial charge >= 0.3 is 0 Å². The Morgan fingerprint density at radius 1 is 0.926 bits per heavy atom. The molecule has 3 heteroatoms. The van der Waals surface area contributed by atoms with Crippen molar-refractivity contribution in [3.63, 3.8) is 0 Å². The number of ether oxygens (including phenoxy) is 1. The van der Waals surface area contributed by atoms with Gasteiger partial charge in [0.2, 0.25) is 0 Å². The van der Waals surface area contributed by atoms with Crippen molar-refractivity contribution in [3.05, 3.63) is 76.1 Å². The highest BCUT2D eigenvalue weighted by atomic mass is 16.5. The Morgan fingerprint density at radius 2 is 1.67 bits per heavy atom. The number of hydrogen-bond donors (Lipinski definition) is 0. The van der Waals surface area contributed by atoms with Crippen molar-refractivity contribution in [2.24, 2.45) is 0 Å². The maximum absolute atomic E-state index is 6.10. The quantitative estimate of drug-likeness (QED) is 0.553. The molecule has 0 amide bonds. The van der Waals surface area contributed by atoms with Gasteiger partial charge < -0.3 is 4.74 Å². The summed E-state index contributed by atoms with van der Waals surface area (Å²) in [6, 6.07) is 12.8. The molecule has 0 N–H and O–H groups in total. The van der Waals surface area contributed by atoms with E-state index in [2.05, 4.69) is 76.0 Å². The second-order valence-corrected chi connectivity index (χ2v) is 7.59. The lowest BCUT2D eigenvalue weighted by atomic mass is 10.0. The Hall–Kier alpha value is -2.68. The summed E-state index contributed by atoms with van der Waals surface area (Å²) in [5.41, 5.74) is 7.89. The fraction of sp³-hybridized carbons (Fsp3) is 0.333. The standard InChI is InChI=1S/C24H28N2O/c1-15(2)20-10-9-18(5)23(12-20)27-14-21-13-25-24(26-19(21)6)22-11-16(3)7-8-17(22)4/h7-13,15H,14H2,1-6H3. The molecule has 0 aliphatic rings. The van der Waals surface area contributed by atoms with Gasteiger partial charge in [-0.25, -0.2) is 9.97 Å². The van der Waals surface area contributed by atoms with Crippen molar-refractivity contribution in [2.75, 3.05) is 0 Å². The molecule has 0 fully saturated rings. The molecule has 3 nitrogen and oxygen atoms in total. The van der Waals surface area contributed by atoms with Crippen molar-refractivity contribution >= 4 is 0 Å². The highest BCUT2D eigenvalue weighted by Crippen LogP contribution is 2.26. The molecule has 0 saturated carbocycles. The summed E-state index contributed by atoms with van der Waals surface area (Å²) in [6.07, 6.45) is 1.89. The van der Waals surface area contributed by atoms with Gasteiger partial charge in [0, 0.05) is 23.0 Å². The van der Waals surface area contributed by atoms with Crippen LogP contribution in [0.1, 0.15) is 53.3 Å². The van der Waals surface area contributed by atoms with Crippen LogP contribution in [0.25, 0.3) is 11.4 Å². The summed E-state index contributed by atoms with van der Waals surface area (Å²) in [6.45, 7) is 13.1. The first kappa shape index (κ1) is 19.1.